The van der Waals surface area contributed by atoms with E-state index < -0.39 is 0 Å². The van der Waals surface area contributed by atoms with Crippen LogP contribution in [0.1, 0.15) is 15.9 Å². The Morgan fingerprint density at radius 1 is 1.17 bits per heavy atom. The maximum Gasteiger partial charge on any atom is 0.167 e. The molecule has 2 nitrogen and oxygen atoms in total. The van der Waals surface area contributed by atoms with Crippen LogP contribution in [0.15, 0.2) is 42.5 Å². The van der Waals surface area contributed by atoms with E-state index in [0.29, 0.717) is 22.7 Å². The normalized spacial score (nSPS) is 10.3. The second-order valence-corrected chi connectivity index (χ2v) is 5.68. The standard InChI is InChI=1S/C14H11ClINO/c15-11-6-10(7-13(17)8-11)14(18)5-9-1-3-12(16)4-2-9/h1-4,6-8H,5,17H2. The van der Waals surface area contributed by atoms with E-state index in [0.717, 1.165) is 9.13 Å². The van der Waals surface area contributed by atoms with E-state index in [2.05, 4.69) is 22.6 Å². The highest BCUT2D eigenvalue weighted by atomic mass is 127. The van der Waals surface area contributed by atoms with Gasteiger partial charge in [0, 0.05) is 26.3 Å². The number of ketones is 1. The summed E-state index contributed by atoms with van der Waals surface area (Å²) in [4.78, 5) is 12.1. The quantitative estimate of drug-likeness (QED) is 0.504. The SMILES string of the molecule is Nc1cc(Cl)cc(C(=O)Cc2ccc(I)cc2)c1. The minimum Gasteiger partial charge on any atom is -0.399 e. The lowest BCUT2D eigenvalue weighted by atomic mass is 10.0. The summed E-state index contributed by atoms with van der Waals surface area (Å²) < 4.78 is 1.15. The molecule has 0 aromatic heterocycles. The van der Waals surface area contributed by atoms with Crippen LogP contribution < -0.4 is 5.73 Å². The zero-order valence-corrected chi connectivity index (χ0v) is 12.4. The first kappa shape index (κ1) is 13.4. The molecule has 0 aliphatic heterocycles. The molecule has 0 atom stereocenters. The number of carbonyl (C=O) groups excluding carboxylic acids is 1. The zero-order valence-electron chi connectivity index (χ0n) is 9.49. The first-order valence-electron chi connectivity index (χ1n) is 5.38. The topological polar surface area (TPSA) is 43.1 Å². The van der Waals surface area contributed by atoms with Crippen molar-refractivity contribution in [3.05, 3.63) is 62.2 Å². The maximum atomic E-state index is 12.1. The molecule has 0 unspecified atom stereocenters. The average molecular weight is 372 g/mol. The molecule has 2 N–H and O–H groups in total. The highest BCUT2D eigenvalue weighted by Gasteiger charge is 2.08. The number of nitrogen functional groups attached to an aromatic ring is 1. The predicted octanol–water partition coefficient (Wildman–Crippen LogP) is 3.95. The van der Waals surface area contributed by atoms with Crippen molar-refractivity contribution in [2.24, 2.45) is 0 Å². The first-order valence-corrected chi connectivity index (χ1v) is 6.84. The van der Waals surface area contributed by atoms with Crippen LogP contribution in [0, 0.1) is 3.57 Å². The Balaban J connectivity index is 2.19. The number of hydrogen-bond acceptors (Lipinski definition) is 2. The number of nitrogens with two attached hydrogens (primary N) is 1. The number of Topliss-reactive ketones (excluding diaryl/α,β-unsaturated/α-hetero) is 1. The average Bonchev–Trinajstić information content (AvgIpc) is 2.31. The highest BCUT2D eigenvalue weighted by molar-refractivity contribution is 14.1. The molecule has 92 valence electrons. The maximum absolute atomic E-state index is 12.1. The van der Waals surface area contributed by atoms with Crippen LogP contribution >= 0.6 is 34.2 Å². The van der Waals surface area contributed by atoms with Gasteiger partial charge in [0.15, 0.2) is 5.78 Å². The number of anilines is 1. The highest BCUT2D eigenvalue weighted by Crippen LogP contribution is 2.18. The zero-order chi connectivity index (χ0) is 13.1. The van der Waals surface area contributed by atoms with Crippen LogP contribution in [0.2, 0.25) is 5.02 Å². The van der Waals surface area contributed by atoms with E-state index in [1.54, 1.807) is 18.2 Å². The van der Waals surface area contributed by atoms with Gasteiger partial charge >= 0.3 is 0 Å². The van der Waals surface area contributed by atoms with Gasteiger partial charge in [-0.05, 0) is 58.5 Å². The molecule has 0 heterocycles. The molecule has 2 aromatic rings. The van der Waals surface area contributed by atoms with Gasteiger partial charge < -0.3 is 5.73 Å². The molecule has 0 spiro atoms. The Kier molecular flexibility index (Phi) is 4.24. The van der Waals surface area contributed by atoms with Crippen LogP contribution in [0.3, 0.4) is 0 Å². The minimum atomic E-state index is 0.0189. The molecule has 0 saturated carbocycles. The Morgan fingerprint density at radius 2 is 1.83 bits per heavy atom. The molecule has 0 radical (unpaired) electrons. The summed E-state index contributed by atoms with van der Waals surface area (Å²) in [6.45, 7) is 0. The van der Waals surface area contributed by atoms with E-state index >= 15 is 0 Å². The van der Waals surface area contributed by atoms with Crippen LogP contribution in [-0.4, -0.2) is 5.78 Å². The lowest BCUT2D eigenvalue weighted by molar-refractivity contribution is 0.0993. The molecule has 0 aliphatic carbocycles. The molecule has 0 bridgehead atoms. The van der Waals surface area contributed by atoms with Gasteiger partial charge in [0.05, 0.1) is 0 Å². The first-order chi connectivity index (χ1) is 8.54. The van der Waals surface area contributed by atoms with E-state index in [9.17, 15) is 4.79 Å². The van der Waals surface area contributed by atoms with Crippen LogP contribution in [0.4, 0.5) is 5.69 Å². The summed E-state index contributed by atoms with van der Waals surface area (Å²) in [7, 11) is 0. The molecular weight excluding hydrogens is 361 g/mol. The molecule has 0 aliphatic rings. The number of carbonyl (C=O) groups is 1. The van der Waals surface area contributed by atoms with Crippen LogP contribution in [0.5, 0.6) is 0 Å². The van der Waals surface area contributed by atoms with Crippen molar-refractivity contribution in [3.63, 3.8) is 0 Å². The van der Waals surface area contributed by atoms with Crippen molar-refractivity contribution in [2.75, 3.05) is 5.73 Å². The summed E-state index contributed by atoms with van der Waals surface area (Å²) in [6, 6.07) is 12.8. The fourth-order valence-electron chi connectivity index (χ4n) is 1.66. The Hall–Kier alpha value is -1.07. The van der Waals surface area contributed by atoms with Gasteiger partial charge in [0.1, 0.15) is 0 Å². The van der Waals surface area contributed by atoms with Gasteiger partial charge in [0.2, 0.25) is 0 Å². The van der Waals surface area contributed by atoms with Crippen molar-refractivity contribution >= 4 is 45.7 Å². The third-order valence-electron chi connectivity index (χ3n) is 2.52. The summed E-state index contributed by atoms with van der Waals surface area (Å²) in [6.07, 6.45) is 0.358. The minimum absolute atomic E-state index is 0.0189. The summed E-state index contributed by atoms with van der Waals surface area (Å²) in [5.74, 6) is 0.0189. The number of rotatable bonds is 3. The molecule has 4 heteroatoms. The predicted molar refractivity (Wildman–Crippen MR) is 83.1 cm³/mol. The molecular formula is C14H11ClINO. The second-order valence-electron chi connectivity index (χ2n) is 4.00. The lowest BCUT2D eigenvalue weighted by Gasteiger charge is -2.04. The van der Waals surface area contributed by atoms with Gasteiger partial charge in [-0.25, -0.2) is 0 Å². The van der Waals surface area contributed by atoms with Gasteiger partial charge in [0.25, 0.3) is 0 Å². The van der Waals surface area contributed by atoms with Crippen molar-refractivity contribution in [2.45, 2.75) is 6.42 Å². The molecule has 2 aromatic carbocycles. The summed E-state index contributed by atoms with van der Waals surface area (Å²) >= 11 is 8.12. The smallest absolute Gasteiger partial charge is 0.167 e. The van der Waals surface area contributed by atoms with E-state index in [1.165, 1.54) is 0 Å². The lowest BCUT2D eigenvalue weighted by Crippen LogP contribution is -2.04. The number of benzene rings is 2. The van der Waals surface area contributed by atoms with Gasteiger partial charge in [-0.15, -0.1) is 0 Å². The Bertz CT molecular complexity index is 561. The summed E-state index contributed by atoms with van der Waals surface area (Å²) in [5.41, 5.74) is 7.72. The Labute approximate surface area is 124 Å². The third kappa shape index (κ3) is 3.46. The van der Waals surface area contributed by atoms with Gasteiger partial charge in [-0.2, -0.15) is 0 Å². The fourth-order valence-corrected chi connectivity index (χ4v) is 2.27. The van der Waals surface area contributed by atoms with E-state index in [1.807, 2.05) is 24.3 Å². The van der Waals surface area contributed by atoms with Crippen LogP contribution in [-0.2, 0) is 6.42 Å². The largest absolute Gasteiger partial charge is 0.399 e. The molecule has 0 amide bonds. The Morgan fingerprint density at radius 3 is 2.44 bits per heavy atom. The van der Waals surface area contributed by atoms with Gasteiger partial charge in [-0.3, -0.25) is 4.79 Å². The van der Waals surface area contributed by atoms with Crippen LogP contribution in [0.25, 0.3) is 0 Å². The molecule has 0 fully saturated rings. The number of hydrogen-bond donors (Lipinski definition) is 1. The van der Waals surface area contributed by atoms with E-state index in [4.69, 9.17) is 17.3 Å². The van der Waals surface area contributed by atoms with Crippen molar-refractivity contribution in [1.82, 2.24) is 0 Å². The number of halogens is 2. The van der Waals surface area contributed by atoms with E-state index in [-0.39, 0.29) is 5.78 Å². The molecule has 18 heavy (non-hydrogen) atoms. The third-order valence-corrected chi connectivity index (χ3v) is 3.46. The molecule has 2 rings (SSSR count). The monoisotopic (exact) mass is 371 g/mol. The summed E-state index contributed by atoms with van der Waals surface area (Å²) in [5, 5.41) is 0.487. The van der Waals surface area contributed by atoms with Crippen molar-refractivity contribution < 1.29 is 4.79 Å². The van der Waals surface area contributed by atoms with Crippen molar-refractivity contribution in [1.29, 1.82) is 0 Å². The van der Waals surface area contributed by atoms with Gasteiger partial charge in [-0.1, -0.05) is 23.7 Å². The fraction of sp³-hybridized carbons (Fsp3) is 0.0714. The molecule has 0 saturated heterocycles. The second kappa shape index (κ2) is 5.71. The van der Waals surface area contributed by atoms with Crippen molar-refractivity contribution in [3.8, 4) is 0 Å².